The van der Waals surface area contributed by atoms with Crippen molar-refractivity contribution in [2.45, 2.75) is 0 Å². The van der Waals surface area contributed by atoms with E-state index in [1.165, 1.54) is 14.2 Å². The largest absolute Gasteiger partial charge is 0.250 e. The van der Waals surface area contributed by atoms with E-state index in [0.717, 1.165) is 10.5 Å². The molecular weight excluding hydrogens is 260 g/mol. The summed E-state index contributed by atoms with van der Waals surface area (Å²) in [5.74, 6) is 0. The van der Waals surface area contributed by atoms with Gasteiger partial charge < -0.3 is 0 Å². The van der Waals surface area contributed by atoms with Gasteiger partial charge in [-0.1, -0.05) is 56.8 Å². The van der Waals surface area contributed by atoms with Crippen molar-refractivity contribution in [2.75, 3.05) is 24.7 Å². The van der Waals surface area contributed by atoms with Crippen LogP contribution in [0.5, 0.6) is 0 Å². The maximum absolute atomic E-state index is 5.10. The summed E-state index contributed by atoms with van der Waals surface area (Å²) in [7, 11) is 2.94. The number of para-hydroxylation sites is 2. The van der Waals surface area contributed by atoms with Crippen molar-refractivity contribution in [2.24, 2.45) is 0 Å². The van der Waals surface area contributed by atoms with Crippen molar-refractivity contribution in [1.29, 1.82) is 0 Å². The molecule has 0 amide bonds. The third-order valence-electron chi connectivity index (χ3n) is 2.43. The van der Waals surface area contributed by atoms with Crippen LogP contribution < -0.4 is 10.5 Å². The number of hydrogen-bond donors (Lipinski definition) is 0. The number of nitrogens with zero attached hydrogens (tertiary/aromatic N) is 2. The summed E-state index contributed by atoms with van der Waals surface area (Å²) in [6, 6.07) is 18.5. The summed E-state index contributed by atoms with van der Waals surface area (Å²) in [5.41, 5.74) is 1.36. The fourth-order valence-electron chi connectivity index (χ4n) is 1.52. The SMILES string of the molecule is CON(OON(OC)c1ccccc1)c1ccccc1. The second-order valence-electron chi connectivity index (χ2n) is 3.70. The Morgan fingerprint density at radius 1 is 0.600 bits per heavy atom. The summed E-state index contributed by atoms with van der Waals surface area (Å²) >= 11 is 0. The lowest BCUT2D eigenvalue weighted by molar-refractivity contribution is -0.390. The molecule has 0 atom stereocenters. The monoisotopic (exact) mass is 276 g/mol. The Kier molecular flexibility index (Phi) is 5.33. The first-order chi connectivity index (χ1) is 9.85. The second kappa shape index (κ2) is 7.46. The third kappa shape index (κ3) is 3.69. The Morgan fingerprint density at radius 2 is 0.950 bits per heavy atom. The smallest absolute Gasteiger partial charge is 0.0978 e. The normalized spacial score (nSPS) is 10.3. The first-order valence-corrected chi connectivity index (χ1v) is 5.98. The van der Waals surface area contributed by atoms with Crippen molar-refractivity contribution in [1.82, 2.24) is 0 Å². The molecule has 20 heavy (non-hydrogen) atoms. The summed E-state index contributed by atoms with van der Waals surface area (Å²) in [6.07, 6.45) is 0. The van der Waals surface area contributed by atoms with E-state index in [0.29, 0.717) is 11.4 Å². The van der Waals surface area contributed by atoms with Crippen molar-refractivity contribution >= 4 is 11.4 Å². The maximum Gasteiger partial charge on any atom is 0.0978 e. The Hall–Kier alpha value is -2.12. The van der Waals surface area contributed by atoms with E-state index in [2.05, 4.69) is 0 Å². The van der Waals surface area contributed by atoms with E-state index in [-0.39, 0.29) is 0 Å². The molecule has 0 N–H and O–H groups in total. The average molecular weight is 276 g/mol. The van der Waals surface area contributed by atoms with Gasteiger partial charge in [-0.15, -0.1) is 0 Å². The molecule has 0 aromatic heterocycles. The van der Waals surface area contributed by atoms with Crippen LogP contribution in [0.1, 0.15) is 0 Å². The predicted octanol–water partition coefficient (Wildman–Crippen LogP) is 2.90. The minimum Gasteiger partial charge on any atom is -0.250 e. The lowest BCUT2D eigenvalue weighted by Crippen LogP contribution is -2.30. The van der Waals surface area contributed by atoms with Crippen LogP contribution in [0.2, 0.25) is 0 Å². The van der Waals surface area contributed by atoms with Gasteiger partial charge in [0.05, 0.1) is 25.6 Å². The molecule has 0 unspecified atom stereocenters. The van der Waals surface area contributed by atoms with Crippen molar-refractivity contribution in [3.63, 3.8) is 0 Å². The summed E-state index contributed by atoms with van der Waals surface area (Å²) in [6.45, 7) is 0. The molecule has 0 aliphatic heterocycles. The van der Waals surface area contributed by atoms with E-state index in [9.17, 15) is 0 Å². The minimum atomic E-state index is 0.680. The fourth-order valence-corrected chi connectivity index (χ4v) is 1.52. The molecule has 0 aliphatic rings. The van der Waals surface area contributed by atoms with Gasteiger partial charge in [-0.25, -0.2) is 9.68 Å². The van der Waals surface area contributed by atoms with Crippen molar-refractivity contribution in [3.05, 3.63) is 60.7 Å². The Bertz CT molecular complexity index is 448. The van der Waals surface area contributed by atoms with Crippen LogP contribution in [-0.2, 0) is 19.7 Å². The lowest BCUT2D eigenvalue weighted by atomic mass is 10.3. The number of benzene rings is 2. The van der Waals surface area contributed by atoms with Crippen molar-refractivity contribution in [3.8, 4) is 0 Å². The summed E-state index contributed by atoms with van der Waals surface area (Å²) in [5, 5.41) is 2.24. The van der Waals surface area contributed by atoms with Gasteiger partial charge in [-0.05, 0) is 24.3 Å². The van der Waals surface area contributed by atoms with Crippen LogP contribution in [0.15, 0.2) is 60.7 Å². The number of hydrogen-bond acceptors (Lipinski definition) is 6. The topological polar surface area (TPSA) is 43.4 Å². The second-order valence-corrected chi connectivity index (χ2v) is 3.70. The fraction of sp³-hybridized carbons (Fsp3) is 0.143. The quantitative estimate of drug-likeness (QED) is 0.572. The van der Waals surface area contributed by atoms with Gasteiger partial charge in [-0.3, -0.25) is 0 Å². The zero-order valence-electron chi connectivity index (χ0n) is 11.3. The van der Waals surface area contributed by atoms with Gasteiger partial charge in [0.25, 0.3) is 0 Å². The molecule has 0 aliphatic carbocycles. The zero-order chi connectivity index (χ0) is 14.2. The first-order valence-electron chi connectivity index (χ1n) is 5.98. The molecule has 2 aromatic rings. The van der Waals surface area contributed by atoms with Crippen LogP contribution in [0, 0.1) is 0 Å². The molecule has 2 rings (SSSR count). The average Bonchev–Trinajstić information content (AvgIpc) is 2.53. The highest BCUT2D eigenvalue weighted by Gasteiger charge is 2.12. The number of rotatable bonds is 7. The summed E-state index contributed by atoms with van der Waals surface area (Å²) < 4.78 is 0. The van der Waals surface area contributed by atoms with Gasteiger partial charge in [-0.2, -0.15) is 0 Å². The molecule has 0 spiro atoms. The molecule has 6 heteroatoms. The van der Waals surface area contributed by atoms with Gasteiger partial charge >= 0.3 is 0 Å². The van der Waals surface area contributed by atoms with Gasteiger partial charge in [0.1, 0.15) is 0 Å². The zero-order valence-corrected chi connectivity index (χ0v) is 11.3. The Balaban J connectivity index is 1.99. The highest BCUT2D eigenvalue weighted by molar-refractivity contribution is 5.41. The molecular formula is C14H16N2O4. The first kappa shape index (κ1) is 14.3. The van der Waals surface area contributed by atoms with Crippen LogP contribution in [0.25, 0.3) is 0 Å². The lowest BCUT2D eigenvalue weighted by Gasteiger charge is -2.23. The maximum atomic E-state index is 5.10. The molecule has 0 bridgehead atoms. The van der Waals surface area contributed by atoms with E-state index >= 15 is 0 Å². The molecule has 6 nitrogen and oxygen atoms in total. The molecule has 2 aromatic carbocycles. The number of anilines is 2. The van der Waals surface area contributed by atoms with E-state index in [1.807, 2.05) is 60.7 Å². The highest BCUT2D eigenvalue weighted by Crippen LogP contribution is 2.17. The standard InChI is InChI=1S/C14H16N2O4/c1-17-15(13-9-5-3-6-10-13)19-20-16(18-2)14-11-7-4-8-12-14/h3-12H,1-2H3. The Morgan fingerprint density at radius 3 is 1.25 bits per heavy atom. The van der Waals surface area contributed by atoms with Crippen LogP contribution in [0.3, 0.4) is 0 Å². The third-order valence-corrected chi connectivity index (χ3v) is 2.43. The molecule has 0 saturated heterocycles. The van der Waals surface area contributed by atoms with Crippen LogP contribution >= 0.6 is 0 Å². The minimum absolute atomic E-state index is 0.680. The molecule has 0 radical (unpaired) electrons. The molecule has 0 fully saturated rings. The van der Waals surface area contributed by atoms with Crippen LogP contribution in [0.4, 0.5) is 11.4 Å². The van der Waals surface area contributed by atoms with Gasteiger partial charge in [0, 0.05) is 0 Å². The van der Waals surface area contributed by atoms with E-state index in [4.69, 9.17) is 19.7 Å². The Labute approximate surface area is 117 Å². The van der Waals surface area contributed by atoms with Gasteiger partial charge in [0.2, 0.25) is 0 Å². The predicted molar refractivity (Wildman–Crippen MR) is 74.0 cm³/mol. The molecule has 0 saturated carbocycles. The molecule has 0 heterocycles. The highest BCUT2D eigenvalue weighted by atomic mass is 17.4. The molecule has 106 valence electrons. The van der Waals surface area contributed by atoms with E-state index in [1.54, 1.807) is 0 Å². The van der Waals surface area contributed by atoms with E-state index < -0.39 is 0 Å². The summed E-state index contributed by atoms with van der Waals surface area (Å²) in [4.78, 5) is 20.3. The van der Waals surface area contributed by atoms with Crippen LogP contribution in [-0.4, -0.2) is 14.2 Å². The van der Waals surface area contributed by atoms with Crippen molar-refractivity contribution < 1.29 is 19.7 Å². The van der Waals surface area contributed by atoms with Gasteiger partial charge in [0.15, 0.2) is 0 Å².